The first-order valence-corrected chi connectivity index (χ1v) is 9.86. The number of carbonyl (C=O) groups excluding carboxylic acids is 1. The van der Waals surface area contributed by atoms with Crippen LogP contribution in [0.2, 0.25) is 0 Å². The molecule has 0 radical (unpaired) electrons. The number of rotatable bonds is 8. The van der Waals surface area contributed by atoms with E-state index >= 15 is 0 Å². The van der Waals surface area contributed by atoms with Gasteiger partial charge in [-0.1, -0.05) is 30.0 Å². The number of allylic oxidation sites excluding steroid dienone is 1. The first-order valence-electron chi connectivity index (χ1n) is 8.87. The van der Waals surface area contributed by atoms with Crippen LogP contribution in [0.1, 0.15) is 5.56 Å². The number of benzene rings is 2. The quantitative estimate of drug-likeness (QED) is 0.250. The van der Waals surface area contributed by atoms with Crippen molar-refractivity contribution in [1.29, 1.82) is 0 Å². The summed E-state index contributed by atoms with van der Waals surface area (Å²) in [7, 11) is 0. The van der Waals surface area contributed by atoms with Crippen molar-refractivity contribution in [2.24, 2.45) is 0 Å². The van der Waals surface area contributed by atoms with Crippen molar-refractivity contribution < 1.29 is 14.1 Å². The fraction of sp³-hybridized carbons (Fsp3) is 0.150. The summed E-state index contributed by atoms with van der Waals surface area (Å²) in [6, 6.07) is 10.5. The Morgan fingerprint density at radius 1 is 1.33 bits per heavy atom. The number of nitro benzene ring substituents is 1. The van der Waals surface area contributed by atoms with Crippen molar-refractivity contribution in [2.45, 2.75) is 18.6 Å². The van der Waals surface area contributed by atoms with Gasteiger partial charge in [-0.05, 0) is 30.7 Å². The fourth-order valence-corrected chi connectivity index (χ4v) is 3.50. The summed E-state index contributed by atoms with van der Waals surface area (Å²) in [5.74, 6) is -0.346. The van der Waals surface area contributed by atoms with Crippen molar-refractivity contribution in [3.63, 3.8) is 0 Å². The van der Waals surface area contributed by atoms with Gasteiger partial charge in [0.25, 0.3) is 5.69 Å². The van der Waals surface area contributed by atoms with Crippen LogP contribution in [0.15, 0.2) is 60.3 Å². The minimum Gasteiger partial charge on any atom is -0.325 e. The Hall–Kier alpha value is -3.53. The molecule has 2 aromatic carbocycles. The van der Waals surface area contributed by atoms with Gasteiger partial charge < -0.3 is 5.32 Å². The maximum atomic E-state index is 14.2. The van der Waals surface area contributed by atoms with Crippen molar-refractivity contribution in [1.82, 2.24) is 14.8 Å². The number of amides is 1. The highest BCUT2D eigenvalue weighted by molar-refractivity contribution is 7.99. The average molecular weight is 427 g/mol. The molecule has 1 N–H and O–H groups in total. The second kappa shape index (κ2) is 9.31. The summed E-state index contributed by atoms with van der Waals surface area (Å²) in [4.78, 5) is 22.7. The van der Waals surface area contributed by atoms with Crippen LogP contribution in [0.5, 0.6) is 0 Å². The van der Waals surface area contributed by atoms with Crippen molar-refractivity contribution in [3.05, 3.63) is 76.6 Å². The smallest absolute Gasteiger partial charge is 0.269 e. The van der Waals surface area contributed by atoms with Crippen LogP contribution in [0.4, 0.5) is 15.8 Å². The van der Waals surface area contributed by atoms with Gasteiger partial charge in [0.2, 0.25) is 5.91 Å². The summed E-state index contributed by atoms with van der Waals surface area (Å²) < 4.78 is 15.8. The second-order valence-corrected chi connectivity index (χ2v) is 7.22. The first-order chi connectivity index (χ1) is 14.4. The summed E-state index contributed by atoms with van der Waals surface area (Å²) in [6.45, 7) is 5.73. The van der Waals surface area contributed by atoms with Gasteiger partial charge in [0.15, 0.2) is 11.0 Å². The molecule has 3 aromatic rings. The van der Waals surface area contributed by atoms with Crippen LogP contribution in [-0.2, 0) is 11.3 Å². The van der Waals surface area contributed by atoms with E-state index in [2.05, 4.69) is 22.1 Å². The van der Waals surface area contributed by atoms with Crippen LogP contribution >= 0.6 is 11.8 Å². The van der Waals surface area contributed by atoms with E-state index in [-0.39, 0.29) is 17.3 Å². The zero-order valence-electron chi connectivity index (χ0n) is 16.0. The van der Waals surface area contributed by atoms with E-state index in [1.165, 1.54) is 24.3 Å². The number of hydrogen-bond donors (Lipinski definition) is 1. The van der Waals surface area contributed by atoms with Gasteiger partial charge in [-0.2, -0.15) is 0 Å². The zero-order chi connectivity index (χ0) is 21.7. The van der Waals surface area contributed by atoms with Crippen LogP contribution in [0.25, 0.3) is 11.4 Å². The number of thioether (sulfide) groups is 1. The molecule has 1 amide bonds. The molecule has 3 rings (SSSR count). The maximum Gasteiger partial charge on any atom is 0.269 e. The molecule has 0 spiro atoms. The summed E-state index contributed by atoms with van der Waals surface area (Å²) in [5.41, 5.74) is 1.34. The lowest BCUT2D eigenvalue weighted by Gasteiger charge is -2.09. The molecule has 1 heterocycles. The number of nitro groups is 1. The molecule has 154 valence electrons. The molecular weight excluding hydrogens is 409 g/mol. The van der Waals surface area contributed by atoms with Crippen LogP contribution < -0.4 is 5.32 Å². The Balaban J connectivity index is 1.73. The number of anilines is 1. The Labute approximate surface area is 176 Å². The van der Waals surface area contributed by atoms with Crippen LogP contribution in [0, 0.1) is 22.9 Å². The summed E-state index contributed by atoms with van der Waals surface area (Å²) >= 11 is 1.15. The predicted molar refractivity (Wildman–Crippen MR) is 113 cm³/mol. The highest BCUT2D eigenvalue weighted by atomic mass is 32.2. The lowest BCUT2D eigenvalue weighted by atomic mass is 10.2. The van der Waals surface area contributed by atoms with Gasteiger partial charge in [-0.3, -0.25) is 19.5 Å². The Bertz CT molecular complexity index is 1120. The van der Waals surface area contributed by atoms with Gasteiger partial charge in [-0.15, -0.1) is 16.8 Å². The van der Waals surface area contributed by atoms with Gasteiger partial charge in [0.05, 0.1) is 16.2 Å². The summed E-state index contributed by atoms with van der Waals surface area (Å²) in [6.07, 6.45) is 1.64. The highest BCUT2D eigenvalue weighted by Gasteiger charge is 2.18. The number of carbonyl (C=O) groups is 1. The van der Waals surface area contributed by atoms with Gasteiger partial charge in [-0.25, -0.2) is 4.39 Å². The number of nitrogens with zero attached hydrogens (tertiary/aromatic N) is 4. The van der Waals surface area contributed by atoms with E-state index in [1.54, 1.807) is 35.8 Å². The molecule has 0 atom stereocenters. The average Bonchev–Trinajstić information content (AvgIpc) is 3.11. The first kappa shape index (κ1) is 21.2. The molecule has 8 nitrogen and oxygen atoms in total. The molecule has 0 saturated carbocycles. The normalized spacial score (nSPS) is 10.6. The number of aromatic nitrogens is 3. The molecule has 0 fully saturated rings. The van der Waals surface area contributed by atoms with Crippen molar-refractivity contribution >= 4 is 29.0 Å². The molecule has 10 heteroatoms. The van der Waals surface area contributed by atoms with E-state index in [9.17, 15) is 19.3 Å². The van der Waals surface area contributed by atoms with Gasteiger partial charge in [0, 0.05) is 24.4 Å². The van der Waals surface area contributed by atoms with Crippen molar-refractivity contribution in [3.8, 4) is 11.4 Å². The molecule has 0 aliphatic rings. The lowest BCUT2D eigenvalue weighted by Crippen LogP contribution is -2.15. The minimum atomic E-state index is -0.492. The van der Waals surface area contributed by atoms with E-state index < -0.39 is 10.7 Å². The zero-order valence-corrected chi connectivity index (χ0v) is 16.9. The Morgan fingerprint density at radius 2 is 2.10 bits per heavy atom. The topological polar surface area (TPSA) is 103 Å². The molecule has 0 bridgehead atoms. The number of aryl methyl sites for hydroxylation is 1. The largest absolute Gasteiger partial charge is 0.325 e. The summed E-state index contributed by atoms with van der Waals surface area (Å²) in [5, 5.41) is 22.2. The SMILES string of the molecule is C=CCn1c(SCC(=O)Nc2ccc([N+](=O)[O-])cc2C)nnc1-c1ccccc1F. The molecule has 30 heavy (non-hydrogen) atoms. The van der Waals surface area contributed by atoms with E-state index in [0.29, 0.717) is 34.3 Å². The van der Waals surface area contributed by atoms with E-state index in [1.807, 2.05) is 0 Å². The molecular formula is C20H18FN5O3S. The Morgan fingerprint density at radius 3 is 2.77 bits per heavy atom. The molecule has 0 saturated heterocycles. The molecule has 0 aliphatic heterocycles. The number of halogens is 1. The third-order valence-corrected chi connectivity index (χ3v) is 5.14. The third kappa shape index (κ3) is 4.71. The minimum absolute atomic E-state index is 0.0307. The van der Waals surface area contributed by atoms with E-state index in [4.69, 9.17) is 0 Å². The number of hydrogen-bond acceptors (Lipinski definition) is 6. The predicted octanol–water partition coefficient (Wildman–Crippen LogP) is 4.22. The van der Waals surface area contributed by atoms with Gasteiger partial charge >= 0.3 is 0 Å². The van der Waals surface area contributed by atoms with Crippen molar-refractivity contribution in [2.75, 3.05) is 11.1 Å². The second-order valence-electron chi connectivity index (χ2n) is 6.28. The Kier molecular flexibility index (Phi) is 6.58. The molecule has 0 unspecified atom stereocenters. The maximum absolute atomic E-state index is 14.2. The molecule has 1 aromatic heterocycles. The standard InChI is InChI=1S/C20H18FN5O3S/c1-3-10-25-19(15-6-4-5-7-16(15)21)23-24-20(25)30-12-18(27)22-17-9-8-14(26(28)29)11-13(17)2/h3-9,11H,1,10,12H2,2H3,(H,22,27). The third-order valence-electron chi connectivity index (χ3n) is 4.17. The highest BCUT2D eigenvalue weighted by Crippen LogP contribution is 2.26. The van der Waals surface area contributed by atoms with Gasteiger partial charge in [0.1, 0.15) is 5.82 Å². The van der Waals surface area contributed by atoms with Crippen LogP contribution in [0.3, 0.4) is 0 Å². The lowest BCUT2D eigenvalue weighted by molar-refractivity contribution is -0.384. The fourth-order valence-electron chi connectivity index (χ4n) is 2.75. The van der Waals surface area contributed by atoms with E-state index in [0.717, 1.165) is 11.8 Å². The number of non-ortho nitro benzene ring substituents is 1. The molecule has 0 aliphatic carbocycles. The number of nitrogens with one attached hydrogen (secondary N) is 1. The monoisotopic (exact) mass is 427 g/mol. The van der Waals surface area contributed by atoms with Crippen LogP contribution in [-0.4, -0.2) is 31.3 Å².